The molecule has 0 spiro atoms. The van der Waals surface area contributed by atoms with Crippen molar-refractivity contribution in [3.05, 3.63) is 32.7 Å². The fraction of sp³-hybridized carbons (Fsp3) is 0.200. The van der Waals surface area contributed by atoms with Crippen LogP contribution in [-0.4, -0.2) is 23.0 Å². The maximum absolute atomic E-state index is 11.2. The van der Waals surface area contributed by atoms with Gasteiger partial charge in [0.15, 0.2) is 5.16 Å². The predicted molar refractivity (Wildman–Crippen MR) is 71.5 cm³/mol. The molecule has 0 aliphatic heterocycles. The first-order valence-electron chi connectivity index (χ1n) is 4.68. The van der Waals surface area contributed by atoms with E-state index in [1.165, 1.54) is 18.9 Å². The number of thioether (sulfide) groups is 1. The van der Waals surface area contributed by atoms with Gasteiger partial charge < -0.3 is 9.72 Å². The normalized spacial score (nSPS) is 10.5. The molecule has 2 heterocycles. The molecule has 4 nitrogen and oxygen atoms in total. The van der Waals surface area contributed by atoms with Crippen molar-refractivity contribution in [2.75, 3.05) is 7.11 Å². The Morgan fingerprint density at radius 1 is 1.71 bits per heavy atom. The van der Waals surface area contributed by atoms with Crippen molar-refractivity contribution in [1.29, 1.82) is 0 Å². The summed E-state index contributed by atoms with van der Waals surface area (Å²) in [6.45, 7) is 0. The Labute approximate surface area is 115 Å². The van der Waals surface area contributed by atoms with Gasteiger partial charge in [-0.3, -0.25) is 0 Å². The van der Waals surface area contributed by atoms with Crippen LogP contribution in [0.3, 0.4) is 0 Å². The van der Waals surface area contributed by atoms with Crippen LogP contribution >= 0.6 is 39.0 Å². The van der Waals surface area contributed by atoms with Crippen molar-refractivity contribution in [1.82, 2.24) is 9.97 Å². The minimum atomic E-state index is -0.400. The third-order valence-electron chi connectivity index (χ3n) is 1.96. The molecular weight excluding hydrogens is 324 g/mol. The molecule has 2 aromatic rings. The molecule has 0 saturated carbocycles. The third kappa shape index (κ3) is 3.34. The van der Waals surface area contributed by atoms with E-state index in [2.05, 4.69) is 42.1 Å². The number of nitrogens with zero attached hydrogens (tertiary/aromatic N) is 1. The number of ether oxygens (including phenoxy) is 1. The zero-order valence-corrected chi connectivity index (χ0v) is 12.1. The second-order valence-corrected chi connectivity index (χ2v) is 6.40. The molecule has 0 aromatic carbocycles. The number of carbonyl (C=O) groups excluding carboxylic acids is 1. The Balaban J connectivity index is 1.95. The van der Waals surface area contributed by atoms with Gasteiger partial charge in [0.1, 0.15) is 5.69 Å². The summed E-state index contributed by atoms with van der Waals surface area (Å²) in [6.07, 6.45) is 1.48. The highest BCUT2D eigenvalue weighted by Crippen LogP contribution is 2.26. The maximum atomic E-state index is 11.2. The van der Waals surface area contributed by atoms with Gasteiger partial charge >= 0.3 is 5.97 Å². The highest BCUT2D eigenvalue weighted by atomic mass is 79.9. The van der Waals surface area contributed by atoms with E-state index in [0.29, 0.717) is 10.9 Å². The smallest absolute Gasteiger partial charge is 0.356 e. The van der Waals surface area contributed by atoms with Gasteiger partial charge in [0.2, 0.25) is 0 Å². The van der Waals surface area contributed by atoms with Crippen LogP contribution in [0.25, 0.3) is 0 Å². The third-order valence-corrected chi connectivity index (χ3v) is 4.47. The second-order valence-electron chi connectivity index (χ2n) is 3.14. The molecule has 7 heteroatoms. The van der Waals surface area contributed by atoms with Gasteiger partial charge in [-0.2, -0.15) is 0 Å². The van der Waals surface area contributed by atoms with Gasteiger partial charge in [-0.05, 0) is 32.9 Å². The minimum absolute atomic E-state index is 0.376. The van der Waals surface area contributed by atoms with Gasteiger partial charge in [0.05, 0.1) is 17.1 Å². The van der Waals surface area contributed by atoms with Crippen LogP contribution in [0.5, 0.6) is 0 Å². The Bertz CT molecular complexity index is 524. The summed E-state index contributed by atoms with van der Waals surface area (Å²) in [4.78, 5) is 18.2. The topological polar surface area (TPSA) is 55.0 Å². The van der Waals surface area contributed by atoms with Crippen molar-refractivity contribution >= 4 is 45.0 Å². The van der Waals surface area contributed by atoms with Gasteiger partial charge in [0, 0.05) is 5.75 Å². The van der Waals surface area contributed by atoms with E-state index in [1.54, 1.807) is 23.1 Å². The number of hydrogen-bond donors (Lipinski definition) is 1. The van der Waals surface area contributed by atoms with Crippen LogP contribution in [0.2, 0.25) is 0 Å². The monoisotopic (exact) mass is 332 g/mol. The fourth-order valence-corrected chi connectivity index (χ4v) is 3.26. The number of hydrogen-bond acceptors (Lipinski definition) is 5. The van der Waals surface area contributed by atoms with Crippen molar-refractivity contribution in [2.45, 2.75) is 10.9 Å². The largest absolute Gasteiger partial charge is 0.464 e. The minimum Gasteiger partial charge on any atom is -0.464 e. The summed E-state index contributed by atoms with van der Waals surface area (Å²) in [7, 11) is 1.35. The predicted octanol–water partition coefficient (Wildman–Crippen LogP) is 3.31. The fourth-order valence-electron chi connectivity index (χ4n) is 1.16. The molecule has 0 atom stereocenters. The summed E-state index contributed by atoms with van der Waals surface area (Å²) in [5.41, 5.74) is 1.60. The lowest BCUT2D eigenvalue weighted by atomic mass is 10.4. The van der Waals surface area contributed by atoms with Crippen LogP contribution in [0.1, 0.15) is 16.1 Å². The molecule has 2 rings (SSSR count). The van der Waals surface area contributed by atoms with Crippen LogP contribution in [0.4, 0.5) is 0 Å². The number of thiophene rings is 1. The molecule has 0 fully saturated rings. The van der Waals surface area contributed by atoms with E-state index in [9.17, 15) is 4.79 Å². The molecule has 17 heavy (non-hydrogen) atoms. The van der Waals surface area contributed by atoms with Gasteiger partial charge in [0.25, 0.3) is 0 Å². The van der Waals surface area contributed by atoms with Crippen molar-refractivity contribution < 1.29 is 9.53 Å². The van der Waals surface area contributed by atoms with Crippen molar-refractivity contribution in [3.63, 3.8) is 0 Å². The molecule has 0 bridgehead atoms. The molecule has 0 amide bonds. The lowest BCUT2D eigenvalue weighted by Crippen LogP contribution is -2.00. The molecule has 0 radical (unpaired) electrons. The average molecular weight is 333 g/mol. The molecular formula is C10H9BrN2O2S2. The number of rotatable bonds is 4. The highest BCUT2D eigenvalue weighted by molar-refractivity contribution is 9.11. The molecule has 0 aliphatic rings. The Kier molecular flexibility index (Phi) is 4.25. The first-order chi connectivity index (χ1) is 8.19. The summed E-state index contributed by atoms with van der Waals surface area (Å²) >= 11 is 6.61. The lowest BCUT2D eigenvalue weighted by Gasteiger charge is -1.95. The van der Waals surface area contributed by atoms with Gasteiger partial charge in [-0.1, -0.05) is 11.8 Å². The number of H-pyrrole nitrogens is 1. The number of imidazole rings is 1. The lowest BCUT2D eigenvalue weighted by molar-refractivity contribution is 0.0594. The Morgan fingerprint density at radius 2 is 2.53 bits per heavy atom. The van der Waals surface area contributed by atoms with Gasteiger partial charge in [-0.15, -0.1) is 11.3 Å². The van der Waals surface area contributed by atoms with E-state index in [-0.39, 0.29) is 0 Å². The number of halogens is 1. The van der Waals surface area contributed by atoms with Crippen molar-refractivity contribution in [3.8, 4) is 0 Å². The zero-order valence-electron chi connectivity index (χ0n) is 8.90. The molecule has 2 aromatic heterocycles. The van der Waals surface area contributed by atoms with Crippen LogP contribution in [0.15, 0.2) is 26.6 Å². The summed E-state index contributed by atoms with van der Waals surface area (Å²) < 4.78 is 5.71. The summed E-state index contributed by atoms with van der Waals surface area (Å²) in [5.74, 6) is 0.415. The maximum Gasteiger partial charge on any atom is 0.356 e. The number of nitrogens with one attached hydrogen (secondary N) is 1. The average Bonchev–Trinajstić information content (AvgIpc) is 2.94. The summed E-state index contributed by atoms with van der Waals surface area (Å²) in [6, 6.07) is 2.07. The number of esters is 1. The Hall–Kier alpha value is -0.790. The van der Waals surface area contributed by atoms with E-state index < -0.39 is 5.97 Å². The van der Waals surface area contributed by atoms with Crippen LogP contribution < -0.4 is 0 Å². The number of aromatic nitrogens is 2. The SMILES string of the molecule is COC(=O)c1cnc(SCc2csc(Br)c2)[nH]1. The first kappa shape index (κ1) is 12.7. The van der Waals surface area contributed by atoms with E-state index in [0.717, 1.165) is 9.54 Å². The van der Waals surface area contributed by atoms with Gasteiger partial charge in [-0.25, -0.2) is 9.78 Å². The molecule has 0 aliphatic carbocycles. The highest BCUT2D eigenvalue weighted by Gasteiger charge is 2.09. The second kappa shape index (κ2) is 5.70. The van der Waals surface area contributed by atoms with E-state index >= 15 is 0 Å². The molecule has 0 saturated heterocycles. The number of methoxy groups -OCH3 is 1. The standard InChI is InChI=1S/C10H9BrN2O2S2/c1-15-9(14)7-3-12-10(13-7)17-5-6-2-8(11)16-4-6/h2-4H,5H2,1H3,(H,12,13). The van der Waals surface area contributed by atoms with Crippen LogP contribution in [0, 0.1) is 0 Å². The number of carbonyl (C=O) groups is 1. The quantitative estimate of drug-likeness (QED) is 0.689. The van der Waals surface area contributed by atoms with E-state index in [1.807, 2.05) is 0 Å². The van der Waals surface area contributed by atoms with Crippen molar-refractivity contribution in [2.24, 2.45) is 0 Å². The molecule has 0 unspecified atom stereocenters. The number of aromatic amines is 1. The van der Waals surface area contributed by atoms with E-state index in [4.69, 9.17) is 0 Å². The zero-order chi connectivity index (χ0) is 12.3. The molecule has 1 N–H and O–H groups in total. The first-order valence-corrected chi connectivity index (χ1v) is 7.34. The molecule has 90 valence electrons. The summed E-state index contributed by atoms with van der Waals surface area (Å²) in [5, 5.41) is 2.80. The van der Waals surface area contributed by atoms with Crippen LogP contribution in [-0.2, 0) is 10.5 Å². The Morgan fingerprint density at radius 3 is 3.18 bits per heavy atom.